The molecule has 0 bridgehead atoms. The van der Waals surface area contributed by atoms with Gasteiger partial charge in [-0.25, -0.2) is 4.98 Å². The van der Waals surface area contributed by atoms with Gasteiger partial charge in [0.2, 0.25) is 11.7 Å². The zero-order valence-electron chi connectivity index (χ0n) is 17.8. The van der Waals surface area contributed by atoms with Gasteiger partial charge in [-0.05, 0) is 49.2 Å². The minimum Gasteiger partial charge on any atom is -0.333 e. The molecular formula is C23H18N6O3S. The minimum atomic E-state index is -0.309. The second-order valence-electron chi connectivity index (χ2n) is 7.49. The van der Waals surface area contributed by atoms with Crippen molar-refractivity contribution >= 4 is 33.1 Å². The van der Waals surface area contributed by atoms with Crippen LogP contribution < -0.4 is 10.9 Å². The molecule has 0 atom stereocenters. The number of benzene rings is 1. The first-order chi connectivity index (χ1) is 16.0. The summed E-state index contributed by atoms with van der Waals surface area (Å²) in [5, 5.41) is 7.28. The number of thiophene rings is 1. The van der Waals surface area contributed by atoms with Crippen LogP contribution >= 0.6 is 11.3 Å². The smallest absolute Gasteiger partial charge is 0.268 e. The first-order valence-electron chi connectivity index (χ1n) is 10.1. The third-order valence-electron chi connectivity index (χ3n) is 5.09. The van der Waals surface area contributed by atoms with E-state index < -0.39 is 0 Å². The van der Waals surface area contributed by atoms with Crippen molar-refractivity contribution in [3.8, 4) is 22.2 Å². The van der Waals surface area contributed by atoms with Crippen LogP contribution in [0, 0.1) is 13.8 Å². The largest absolute Gasteiger partial charge is 0.333 e. The molecule has 0 unspecified atom stereocenters. The van der Waals surface area contributed by atoms with Gasteiger partial charge in [-0.1, -0.05) is 17.3 Å². The van der Waals surface area contributed by atoms with Crippen LogP contribution in [0.25, 0.3) is 32.4 Å². The number of carbonyl (C=O) groups is 1. The highest BCUT2D eigenvalue weighted by Crippen LogP contribution is 2.35. The van der Waals surface area contributed by atoms with Crippen LogP contribution in [0.3, 0.4) is 0 Å². The van der Waals surface area contributed by atoms with Gasteiger partial charge in [0.15, 0.2) is 0 Å². The van der Waals surface area contributed by atoms with Crippen molar-refractivity contribution in [3.05, 3.63) is 76.6 Å². The zero-order chi connectivity index (χ0) is 22.9. The molecule has 0 saturated carbocycles. The van der Waals surface area contributed by atoms with Crippen molar-refractivity contribution in [2.24, 2.45) is 0 Å². The highest BCUT2D eigenvalue weighted by atomic mass is 32.1. The Morgan fingerprint density at radius 2 is 2.00 bits per heavy atom. The average Bonchev–Trinajstić information content (AvgIpc) is 3.41. The number of anilines is 1. The Morgan fingerprint density at radius 3 is 2.79 bits per heavy atom. The van der Waals surface area contributed by atoms with Gasteiger partial charge in [0.25, 0.3) is 11.4 Å². The van der Waals surface area contributed by atoms with Crippen LogP contribution in [-0.2, 0) is 11.3 Å². The van der Waals surface area contributed by atoms with Crippen molar-refractivity contribution in [1.82, 2.24) is 24.7 Å². The Kier molecular flexibility index (Phi) is 5.27. The number of nitrogens with zero attached hydrogens (tertiary/aromatic N) is 5. The van der Waals surface area contributed by atoms with Gasteiger partial charge in [-0.3, -0.25) is 19.1 Å². The SMILES string of the molecule is Cc1cccc(NC(=O)Cn2cnc3sc(-c4nc(-c5ccncc5)no4)c(C)c3c2=O)c1. The van der Waals surface area contributed by atoms with Crippen LogP contribution in [0.1, 0.15) is 11.1 Å². The number of carbonyl (C=O) groups excluding carboxylic acids is 1. The van der Waals surface area contributed by atoms with Gasteiger partial charge in [-0.2, -0.15) is 4.98 Å². The van der Waals surface area contributed by atoms with E-state index in [-0.39, 0.29) is 18.0 Å². The van der Waals surface area contributed by atoms with E-state index in [1.54, 1.807) is 30.6 Å². The lowest BCUT2D eigenvalue weighted by molar-refractivity contribution is -0.116. The summed E-state index contributed by atoms with van der Waals surface area (Å²) in [7, 11) is 0. The molecule has 10 heteroatoms. The summed E-state index contributed by atoms with van der Waals surface area (Å²) in [4.78, 5) is 39.7. The van der Waals surface area contributed by atoms with Crippen LogP contribution in [0.15, 0.2) is 64.4 Å². The average molecular weight is 459 g/mol. The lowest BCUT2D eigenvalue weighted by Crippen LogP contribution is -2.27. The predicted molar refractivity (Wildman–Crippen MR) is 125 cm³/mol. The molecule has 0 aliphatic heterocycles. The maximum absolute atomic E-state index is 13.1. The summed E-state index contributed by atoms with van der Waals surface area (Å²) in [6, 6.07) is 11.0. The molecule has 0 aliphatic carbocycles. The van der Waals surface area contributed by atoms with E-state index in [4.69, 9.17) is 4.52 Å². The summed E-state index contributed by atoms with van der Waals surface area (Å²) in [5.74, 6) is 0.434. The van der Waals surface area contributed by atoms with Gasteiger partial charge in [0.1, 0.15) is 11.4 Å². The zero-order valence-corrected chi connectivity index (χ0v) is 18.6. The van der Waals surface area contributed by atoms with E-state index in [2.05, 4.69) is 25.4 Å². The molecule has 9 nitrogen and oxygen atoms in total. The molecule has 4 aromatic heterocycles. The van der Waals surface area contributed by atoms with Crippen molar-refractivity contribution in [3.63, 3.8) is 0 Å². The molecule has 33 heavy (non-hydrogen) atoms. The lowest BCUT2D eigenvalue weighted by atomic mass is 10.2. The summed E-state index contributed by atoms with van der Waals surface area (Å²) in [5.41, 5.74) is 2.87. The third kappa shape index (κ3) is 4.03. The molecule has 0 aliphatic rings. The van der Waals surface area contributed by atoms with Gasteiger partial charge in [0.05, 0.1) is 16.6 Å². The normalized spacial score (nSPS) is 11.1. The van der Waals surface area contributed by atoms with Crippen molar-refractivity contribution < 1.29 is 9.32 Å². The summed E-state index contributed by atoms with van der Waals surface area (Å²) in [6.45, 7) is 3.61. The summed E-state index contributed by atoms with van der Waals surface area (Å²) < 4.78 is 6.75. The molecule has 0 radical (unpaired) electrons. The summed E-state index contributed by atoms with van der Waals surface area (Å²) >= 11 is 1.30. The second-order valence-corrected chi connectivity index (χ2v) is 8.49. The number of rotatable bonds is 5. The fraction of sp³-hybridized carbons (Fsp3) is 0.130. The minimum absolute atomic E-state index is 0.146. The van der Waals surface area contributed by atoms with Gasteiger partial charge in [0, 0.05) is 23.6 Å². The number of aryl methyl sites for hydroxylation is 2. The molecule has 1 N–H and O–H groups in total. The van der Waals surface area contributed by atoms with E-state index in [1.165, 1.54) is 22.2 Å². The predicted octanol–water partition coefficient (Wildman–Crippen LogP) is 3.83. The number of hydrogen-bond donors (Lipinski definition) is 1. The Labute approximate surface area is 191 Å². The molecule has 5 rings (SSSR count). The molecule has 1 aromatic carbocycles. The fourth-order valence-corrected chi connectivity index (χ4v) is 4.55. The molecule has 5 aromatic rings. The van der Waals surface area contributed by atoms with Gasteiger partial charge < -0.3 is 9.84 Å². The van der Waals surface area contributed by atoms with Crippen LogP contribution in [-0.4, -0.2) is 30.6 Å². The van der Waals surface area contributed by atoms with E-state index in [0.29, 0.717) is 38.1 Å². The van der Waals surface area contributed by atoms with Crippen molar-refractivity contribution in [2.45, 2.75) is 20.4 Å². The highest BCUT2D eigenvalue weighted by molar-refractivity contribution is 7.22. The Morgan fingerprint density at radius 1 is 1.18 bits per heavy atom. The Hall–Kier alpha value is -4.18. The monoisotopic (exact) mass is 458 g/mol. The van der Waals surface area contributed by atoms with E-state index >= 15 is 0 Å². The van der Waals surface area contributed by atoms with Gasteiger partial charge >= 0.3 is 0 Å². The molecule has 0 saturated heterocycles. The molecule has 1 amide bonds. The van der Waals surface area contributed by atoms with E-state index in [0.717, 1.165) is 11.1 Å². The number of fused-ring (bicyclic) bond motifs is 1. The van der Waals surface area contributed by atoms with E-state index in [1.807, 2.05) is 32.0 Å². The van der Waals surface area contributed by atoms with E-state index in [9.17, 15) is 9.59 Å². The summed E-state index contributed by atoms with van der Waals surface area (Å²) in [6.07, 6.45) is 4.69. The fourth-order valence-electron chi connectivity index (χ4n) is 3.49. The van der Waals surface area contributed by atoms with Crippen molar-refractivity contribution in [2.75, 3.05) is 5.32 Å². The van der Waals surface area contributed by atoms with Crippen LogP contribution in [0.4, 0.5) is 5.69 Å². The first kappa shape index (κ1) is 20.7. The number of hydrogen-bond acceptors (Lipinski definition) is 8. The maximum Gasteiger partial charge on any atom is 0.268 e. The highest BCUT2D eigenvalue weighted by Gasteiger charge is 2.21. The van der Waals surface area contributed by atoms with Crippen LogP contribution in [0.5, 0.6) is 0 Å². The number of nitrogens with one attached hydrogen (secondary N) is 1. The van der Waals surface area contributed by atoms with Crippen molar-refractivity contribution in [1.29, 1.82) is 0 Å². The number of pyridine rings is 1. The number of amides is 1. The Balaban J connectivity index is 1.44. The van der Waals surface area contributed by atoms with Crippen LogP contribution in [0.2, 0.25) is 0 Å². The quantitative estimate of drug-likeness (QED) is 0.425. The molecular weight excluding hydrogens is 440 g/mol. The molecule has 4 heterocycles. The van der Waals surface area contributed by atoms with Gasteiger partial charge in [-0.15, -0.1) is 11.3 Å². The topological polar surface area (TPSA) is 116 Å². The Bertz CT molecular complexity index is 1540. The maximum atomic E-state index is 13.1. The molecule has 0 fully saturated rings. The second kappa shape index (κ2) is 8.40. The lowest BCUT2D eigenvalue weighted by Gasteiger charge is -2.08. The standard InChI is InChI=1S/C23H18N6O3S/c1-13-4-3-5-16(10-13)26-17(30)11-29-12-25-22-18(23(29)31)14(2)19(33-22)21-27-20(28-32-21)15-6-8-24-9-7-15/h3-10,12H,11H2,1-2H3,(H,26,30). The third-order valence-corrected chi connectivity index (χ3v) is 6.28. The first-order valence-corrected chi connectivity index (χ1v) is 10.9. The molecule has 0 spiro atoms. The number of aromatic nitrogens is 5. The molecule has 164 valence electrons.